The van der Waals surface area contributed by atoms with E-state index in [9.17, 15) is 8.78 Å². The van der Waals surface area contributed by atoms with Gasteiger partial charge in [-0.15, -0.1) is 0 Å². The van der Waals surface area contributed by atoms with E-state index in [2.05, 4.69) is 20.8 Å². The molecule has 1 fully saturated rings. The van der Waals surface area contributed by atoms with E-state index in [0.717, 1.165) is 51.4 Å². The molecule has 7 heteroatoms. The third-order valence-corrected chi connectivity index (χ3v) is 5.05. The van der Waals surface area contributed by atoms with E-state index in [-0.39, 0.29) is 6.61 Å². The summed E-state index contributed by atoms with van der Waals surface area (Å²) in [5.74, 6) is -0.438. The molecule has 0 aliphatic carbocycles. The van der Waals surface area contributed by atoms with Crippen LogP contribution in [0.1, 0.15) is 79.1 Å². The fraction of sp³-hybridized carbons (Fsp3) is 0.913. The number of rotatable bonds is 17. The summed E-state index contributed by atoms with van der Waals surface area (Å²) in [7, 11) is 0. The quantitative estimate of drug-likeness (QED) is 0.267. The Morgan fingerprint density at radius 2 is 1.23 bits per heavy atom. The van der Waals surface area contributed by atoms with E-state index < -0.39 is 36.3 Å². The summed E-state index contributed by atoms with van der Waals surface area (Å²) in [6, 6.07) is 0. The van der Waals surface area contributed by atoms with Crippen molar-refractivity contribution in [3.05, 3.63) is 11.8 Å². The first kappa shape index (κ1) is 27.3. The number of hydrogen-bond donors (Lipinski definition) is 0. The van der Waals surface area contributed by atoms with Crippen LogP contribution in [-0.4, -0.2) is 57.5 Å². The second-order valence-electron chi connectivity index (χ2n) is 7.73. The van der Waals surface area contributed by atoms with Crippen LogP contribution in [0.3, 0.4) is 0 Å². The Bertz CT molecular complexity index is 457. The molecule has 0 aromatic heterocycles. The largest absolute Gasteiger partial charge is 0.481 e. The van der Waals surface area contributed by atoms with E-state index in [4.69, 9.17) is 23.7 Å². The molecular formula is C23H42F2O5. The normalized spacial score (nSPS) is 24.1. The monoisotopic (exact) mass is 436 g/mol. The number of unbranched alkanes of at least 4 members (excludes halogenated alkanes) is 4. The summed E-state index contributed by atoms with van der Waals surface area (Å²) in [5, 5.41) is 0. The number of hydrogen-bond acceptors (Lipinski definition) is 5. The first-order valence-electron chi connectivity index (χ1n) is 11.7. The second kappa shape index (κ2) is 16.9. The number of halogens is 2. The predicted molar refractivity (Wildman–Crippen MR) is 114 cm³/mol. The lowest BCUT2D eigenvalue weighted by molar-refractivity contribution is -0.217. The maximum Gasteiger partial charge on any atom is 0.310 e. The van der Waals surface area contributed by atoms with Gasteiger partial charge in [-0.05, 0) is 25.7 Å². The van der Waals surface area contributed by atoms with Gasteiger partial charge in [-0.3, -0.25) is 0 Å². The highest BCUT2D eigenvalue weighted by molar-refractivity contribution is 5.12. The third kappa shape index (κ3) is 9.58. The van der Waals surface area contributed by atoms with Crippen molar-refractivity contribution in [2.45, 2.75) is 103 Å². The summed E-state index contributed by atoms with van der Waals surface area (Å²) >= 11 is 0. The van der Waals surface area contributed by atoms with E-state index in [1.807, 2.05) is 6.92 Å². The molecule has 0 aromatic carbocycles. The minimum absolute atomic E-state index is 0.183. The van der Waals surface area contributed by atoms with Gasteiger partial charge in [0.2, 0.25) is 0 Å². The summed E-state index contributed by atoms with van der Waals surface area (Å²) in [5.41, 5.74) is 0. The zero-order valence-corrected chi connectivity index (χ0v) is 19.3. The average molecular weight is 437 g/mol. The Morgan fingerprint density at radius 1 is 0.733 bits per heavy atom. The fourth-order valence-electron chi connectivity index (χ4n) is 3.19. The summed E-state index contributed by atoms with van der Waals surface area (Å²) in [6.45, 7) is 10.3. The van der Waals surface area contributed by atoms with E-state index in [1.54, 1.807) is 0 Å². The summed E-state index contributed by atoms with van der Waals surface area (Å²) in [6.07, 6.45) is 2.58. The van der Waals surface area contributed by atoms with Gasteiger partial charge in [0.15, 0.2) is 11.9 Å². The van der Waals surface area contributed by atoms with Crippen molar-refractivity contribution in [2.24, 2.45) is 0 Å². The van der Waals surface area contributed by atoms with Crippen molar-refractivity contribution in [1.29, 1.82) is 0 Å². The Balaban J connectivity index is 3.07. The molecule has 1 aliphatic heterocycles. The molecule has 0 amide bonds. The highest BCUT2D eigenvalue weighted by Crippen LogP contribution is 2.34. The highest BCUT2D eigenvalue weighted by atomic mass is 19.3. The zero-order chi connectivity index (χ0) is 22.2. The predicted octanol–water partition coefficient (Wildman–Crippen LogP) is 5.87. The van der Waals surface area contributed by atoms with Crippen LogP contribution in [-0.2, 0) is 23.7 Å². The van der Waals surface area contributed by atoms with Crippen LogP contribution in [0.2, 0.25) is 0 Å². The van der Waals surface area contributed by atoms with E-state index >= 15 is 0 Å². The third-order valence-electron chi connectivity index (χ3n) is 5.05. The maximum atomic E-state index is 13.8. The number of ether oxygens (including phenoxy) is 5. The molecule has 5 nitrogen and oxygen atoms in total. The molecule has 0 N–H and O–H groups in total. The van der Waals surface area contributed by atoms with Crippen LogP contribution < -0.4 is 0 Å². The van der Waals surface area contributed by atoms with Gasteiger partial charge >= 0.3 is 6.08 Å². The molecular weight excluding hydrogens is 394 g/mol. The van der Waals surface area contributed by atoms with Gasteiger partial charge in [0, 0.05) is 26.4 Å². The molecule has 1 saturated heterocycles. The second-order valence-corrected chi connectivity index (χ2v) is 7.73. The maximum absolute atomic E-state index is 13.8. The molecule has 1 aliphatic rings. The highest BCUT2D eigenvalue weighted by Gasteiger charge is 2.48. The smallest absolute Gasteiger partial charge is 0.310 e. The topological polar surface area (TPSA) is 46.2 Å². The van der Waals surface area contributed by atoms with Crippen LogP contribution in [0.5, 0.6) is 0 Å². The Kier molecular flexibility index (Phi) is 15.3. The van der Waals surface area contributed by atoms with Crippen molar-refractivity contribution in [2.75, 3.05) is 33.0 Å². The Labute approximate surface area is 181 Å². The van der Waals surface area contributed by atoms with Crippen molar-refractivity contribution < 1.29 is 32.5 Å². The Hall–Kier alpha value is -0.760. The van der Waals surface area contributed by atoms with Crippen LogP contribution in [0.4, 0.5) is 8.78 Å². The van der Waals surface area contributed by atoms with Gasteiger partial charge < -0.3 is 23.7 Å². The lowest BCUT2D eigenvalue weighted by atomic mass is 9.97. The van der Waals surface area contributed by atoms with Gasteiger partial charge in [-0.2, -0.15) is 8.78 Å². The van der Waals surface area contributed by atoms with Crippen molar-refractivity contribution in [3.63, 3.8) is 0 Å². The lowest BCUT2D eigenvalue weighted by Crippen LogP contribution is -2.57. The molecule has 178 valence electrons. The van der Waals surface area contributed by atoms with Gasteiger partial charge in [-0.1, -0.05) is 53.4 Å². The van der Waals surface area contributed by atoms with Gasteiger partial charge in [0.05, 0.1) is 6.61 Å². The lowest BCUT2D eigenvalue weighted by Gasteiger charge is -2.43. The van der Waals surface area contributed by atoms with Crippen LogP contribution in [0.15, 0.2) is 11.8 Å². The standard InChI is InChI=1S/C23H42F2O5/c1-5-9-13-26-17-18-19(27-14-10-6-2)20(28-15-11-7-3)21(29-16-12-8-4)22(30-18)23(24)25/h18-21H,5-17H2,1-4H3/t18?,19-,20-,21+/m0/s1. The molecule has 1 unspecified atom stereocenters. The van der Waals surface area contributed by atoms with Crippen molar-refractivity contribution in [3.8, 4) is 0 Å². The Morgan fingerprint density at radius 3 is 1.77 bits per heavy atom. The SMILES string of the molecule is CCCCOCC1OC(=C(F)F)[C@H](OCCCC)[C@@H](OCCCC)[C@H]1OCCCC. The molecule has 0 spiro atoms. The van der Waals surface area contributed by atoms with E-state index in [1.165, 1.54) is 0 Å². The molecule has 1 rings (SSSR count). The van der Waals surface area contributed by atoms with Crippen LogP contribution in [0.25, 0.3) is 0 Å². The molecule has 4 atom stereocenters. The minimum Gasteiger partial charge on any atom is -0.481 e. The zero-order valence-electron chi connectivity index (χ0n) is 19.3. The average Bonchev–Trinajstić information content (AvgIpc) is 2.73. The van der Waals surface area contributed by atoms with Crippen molar-refractivity contribution in [1.82, 2.24) is 0 Å². The van der Waals surface area contributed by atoms with Gasteiger partial charge in [0.1, 0.15) is 18.3 Å². The van der Waals surface area contributed by atoms with Gasteiger partial charge in [0.25, 0.3) is 0 Å². The van der Waals surface area contributed by atoms with Crippen molar-refractivity contribution >= 4 is 0 Å². The molecule has 0 bridgehead atoms. The molecule has 30 heavy (non-hydrogen) atoms. The molecule has 1 heterocycles. The van der Waals surface area contributed by atoms with Crippen LogP contribution >= 0.6 is 0 Å². The van der Waals surface area contributed by atoms with E-state index in [0.29, 0.717) is 26.4 Å². The first-order valence-corrected chi connectivity index (χ1v) is 11.7. The molecule has 0 aromatic rings. The van der Waals surface area contributed by atoms with Gasteiger partial charge in [-0.25, -0.2) is 0 Å². The summed E-state index contributed by atoms with van der Waals surface area (Å²) in [4.78, 5) is 0. The first-order chi connectivity index (χ1) is 14.6. The summed E-state index contributed by atoms with van der Waals surface area (Å²) < 4.78 is 57.2. The molecule has 0 radical (unpaired) electrons. The fourth-order valence-corrected chi connectivity index (χ4v) is 3.19. The van der Waals surface area contributed by atoms with Crippen LogP contribution in [0, 0.1) is 0 Å². The minimum atomic E-state index is -1.87. The molecule has 0 saturated carbocycles.